The van der Waals surface area contributed by atoms with Gasteiger partial charge >= 0.3 is 0 Å². The molecule has 0 fully saturated rings. The number of carbonyl (C=O) groups excluding carboxylic acids is 1. The number of hydrogen-bond donors (Lipinski definition) is 1. The van der Waals surface area contributed by atoms with Crippen LogP contribution in [0.4, 0.5) is 4.39 Å². The summed E-state index contributed by atoms with van der Waals surface area (Å²) in [5.74, 6) is -0.231. The summed E-state index contributed by atoms with van der Waals surface area (Å²) in [6.45, 7) is 0.988. The Morgan fingerprint density at radius 2 is 1.65 bits per heavy atom. The molecule has 1 N–H and O–H groups in total. The van der Waals surface area contributed by atoms with Crippen LogP contribution < -0.4 is 5.32 Å². The maximum absolute atomic E-state index is 15.0. The third-order valence-electron chi connectivity index (χ3n) is 6.10. The van der Waals surface area contributed by atoms with Crippen molar-refractivity contribution in [2.75, 3.05) is 0 Å². The van der Waals surface area contributed by atoms with E-state index in [2.05, 4.69) is 34.3 Å². The number of fused-ring (bicyclic) bond motifs is 1. The zero-order valence-corrected chi connectivity index (χ0v) is 18.7. The molecule has 0 radical (unpaired) electrons. The lowest BCUT2D eigenvalue weighted by molar-refractivity contribution is -0.121. The van der Waals surface area contributed by atoms with Crippen LogP contribution in [0.25, 0.3) is 10.9 Å². The highest BCUT2D eigenvalue weighted by Gasteiger charge is 2.25. The summed E-state index contributed by atoms with van der Waals surface area (Å²) >= 11 is 0. The second kappa shape index (κ2) is 9.79. The summed E-state index contributed by atoms with van der Waals surface area (Å²) < 4.78 is 22.5. The Morgan fingerprint density at radius 3 is 2.44 bits per heavy atom. The number of hydrogen-bond acceptors (Lipinski definition) is 2. The standard InChI is InChI=1S/C29H25FN2O2/c30-27-14-6-4-12-23(27)25(17-29(33)31-18-22-11-8-16-34-22)26-20-32(19-21-9-2-1-3-10-21)28-15-7-5-13-24(26)28/h1-16,20,25H,17-19H2,(H,31,33)/t25-/m0/s1. The fourth-order valence-electron chi connectivity index (χ4n) is 4.47. The molecule has 1 amide bonds. The normalized spacial score (nSPS) is 12.0. The van der Waals surface area contributed by atoms with E-state index in [1.54, 1.807) is 24.5 Å². The maximum Gasteiger partial charge on any atom is 0.221 e. The molecule has 0 aliphatic carbocycles. The first-order valence-electron chi connectivity index (χ1n) is 11.3. The van der Waals surface area contributed by atoms with E-state index in [9.17, 15) is 9.18 Å². The van der Waals surface area contributed by atoms with Gasteiger partial charge in [0.2, 0.25) is 5.91 Å². The maximum atomic E-state index is 15.0. The van der Waals surface area contributed by atoms with Gasteiger partial charge in [0, 0.05) is 36.0 Å². The van der Waals surface area contributed by atoms with Gasteiger partial charge in [-0.1, -0.05) is 66.7 Å². The molecule has 34 heavy (non-hydrogen) atoms. The smallest absolute Gasteiger partial charge is 0.221 e. The largest absolute Gasteiger partial charge is 0.467 e. The minimum absolute atomic E-state index is 0.126. The van der Waals surface area contributed by atoms with E-state index in [0.717, 1.165) is 16.5 Å². The number of halogens is 1. The lowest BCUT2D eigenvalue weighted by Crippen LogP contribution is -2.25. The molecule has 5 rings (SSSR count). The molecule has 0 aliphatic rings. The zero-order valence-electron chi connectivity index (χ0n) is 18.7. The van der Waals surface area contributed by atoms with Crippen molar-refractivity contribution in [3.8, 4) is 0 Å². The number of nitrogens with zero attached hydrogens (tertiary/aromatic N) is 1. The van der Waals surface area contributed by atoms with E-state index >= 15 is 0 Å². The lowest BCUT2D eigenvalue weighted by Gasteiger charge is -2.18. The Balaban J connectivity index is 1.52. The van der Waals surface area contributed by atoms with Gasteiger partial charge in [0.1, 0.15) is 11.6 Å². The third-order valence-corrected chi connectivity index (χ3v) is 6.10. The van der Waals surface area contributed by atoms with Crippen LogP contribution in [0.5, 0.6) is 0 Å². The number of amides is 1. The highest BCUT2D eigenvalue weighted by molar-refractivity contribution is 5.86. The molecule has 0 aliphatic heterocycles. The molecular formula is C29H25FN2O2. The number of aromatic nitrogens is 1. The summed E-state index contributed by atoms with van der Waals surface area (Å²) in [6, 6.07) is 28.6. The number of rotatable bonds is 8. The Morgan fingerprint density at radius 1 is 0.882 bits per heavy atom. The first kappa shape index (κ1) is 21.7. The molecule has 5 heteroatoms. The SMILES string of the molecule is O=C(C[C@@H](c1ccccc1F)c1cn(Cc2ccccc2)c2ccccc12)NCc1ccco1. The van der Waals surface area contributed by atoms with Crippen molar-refractivity contribution >= 4 is 16.8 Å². The van der Waals surface area contributed by atoms with Gasteiger partial charge < -0.3 is 14.3 Å². The zero-order chi connectivity index (χ0) is 23.3. The highest BCUT2D eigenvalue weighted by Crippen LogP contribution is 2.36. The van der Waals surface area contributed by atoms with Gasteiger partial charge in [-0.15, -0.1) is 0 Å². The van der Waals surface area contributed by atoms with E-state index in [4.69, 9.17) is 4.42 Å². The molecule has 2 aromatic heterocycles. The molecule has 0 bridgehead atoms. The molecular weight excluding hydrogens is 427 g/mol. The molecule has 0 saturated carbocycles. The first-order chi connectivity index (χ1) is 16.7. The molecule has 3 aromatic carbocycles. The lowest BCUT2D eigenvalue weighted by atomic mass is 9.87. The van der Waals surface area contributed by atoms with Crippen LogP contribution >= 0.6 is 0 Å². The summed E-state index contributed by atoms with van der Waals surface area (Å²) in [4.78, 5) is 13.0. The Kier molecular flexibility index (Phi) is 6.25. The van der Waals surface area contributed by atoms with Gasteiger partial charge in [-0.3, -0.25) is 4.79 Å². The number of furan rings is 1. The average molecular weight is 453 g/mol. The average Bonchev–Trinajstić information content (AvgIpc) is 3.51. The Hall–Kier alpha value is -4.12. The van der Waals surface area contributed by atoms with Crippen molar-refractivity contribution < 1.29 is 13.6 Å². The summed E-state index contributed by atoms with van der Waals surface area (Å²) in [5.41, 5.74) is 3.68. The molecule has 1 atom stereocenters. The first-order valence-corrected chi connectivity index (χ1v) is 11.3. The van der Waals surface area contributed by atoms with Gasteiger partial charge in [0.15, 0.2) is 0 Å². The van der Waals surface area contributed by atoms with E-state index in [1.807, 2.05) is 48.5 Å². The van der Waals surface area contributed by atoms with Gasteiger partial charge in [-0.05, 0) is 41.0 Å². The van der Waals surface area contributed by atoms with Crippen LogP contribution in [-0.4, -0.2) is 10.5 Å². The van der Waals surface area contributed by atoms with Gasteiger partial charge in [0.25, 0.3) is 0 Å². The quantitative estimate of drug-likeness (QED) is 0.302. The predicted octanol–water partition coefficient (Wildman–Crippen LogP) is 6.26. The Labute approximate surface area is 197 Å². The number of benzene rings is 3. The van der Waals surface area contributed by atoms with Crippen LogP contribution in [0.1, 0.15) is 34.8 Å². The van der Waals surface area contributed by atoms with Gasteiger partial charge in [-0.2, -0.15) is 0 Å². The molecule has 170 valence electrons. The van der Waals surface area contributed by atoms with E-state index in [-0.39, 0.29) is 18.1 Å². The van der Waals surface area contributed by atoms with Crippen LogP contribution in [0, 0.1) is 5.82 Å². The van der Waals surface area contributed by atoms with Gasteiger partial charge in [-0.25, -0.2) is 4.39 Å². The number of nitrogens with one attached hydrogen (secondary N) is 1. The minimum Gasteiger partial charge on any atom is -0.467 e. The van der Waals surface area contributed by atoms with Gasteiger partial charge in [0.05, 0.1) is 12.8 Å². The van der Waals surface area contributed by atoms with Crippen molar-refractivity contribution in [1.29, 1.82) is 0 Å². The van der Waals surface area contributed by atoms with Crippen molar-refractivity contribution in [3.05, 3.63) is 132 Å². The summed E-state index contributed by atoms with van der Waals surface area (Å²) in [5, 5.41) is 3.93. The monoisotopic (exact) mass is 452 g/mol. The third kappa shape index (κ3) is 4.64. The molecule has 0 spiro atoms. The van der Waals surface area contributed by atoms with E-state index in [0.29, 0.717) is 24.4 Å². The summed E-state index contributed by atoms with van der Waals surface area (Å²) in [6.07, 6.45) is 3.76. The molecule has 0 unspecified atom stereocenters. The van der Waals surface area contributed by atoms with Crippen molar-refractivity contribution in [2.45, 2.75) is 25.4 Å². The predicted molar refractivity (Wildman–Crippen MR) is 131 cm³/mol. The van der Waals surface area contributed by atoms with Crippen LogP contribution in [0.15, 0.2) is 108 Å². The van der Waals surface area contributed by atoms with Crippen molar-refractivity contribution in [1.82, 2.24) is 9.88 Å². The fourth-order valence-corrected chi connectivity index (χ4v) is 4.47. The van der Waals surface area contributed by atoms with Crippen molar-refractivity contribution in [3.63, 3.8) is 0 Å². The van der Waals surface area contributed by atoms with Crippen LogP contribution in [-0.2, 0) is 17.9 Å². The second-order valence-corrected chi connectivity index (χ2v) is 8.35. The minimum atomic E-state index is -0.431. The fraction of sp³-hybridized carbons (Fsp3) is 0.138. The van der Waals surface area contributed by atoms with E-state index < -0.39 is 5.92 Å². The molecule has 4 nitrogen and oxygen atoms in total. The highest BCUT2D eigenvalue weighted by atomic mass is 19.1. The topological polar surface area (TPSA) is 47.2 Å². The molecule has 2 heterocycles. The molecule has 0 saturated heterocycles. The van der Waals surface area contributed by atoms with E-state index in [1.165, 1.54) is 11.6 Å². The number of carbonyl (C=O) groups is 1. The number of para-hydroxylation sites is 1. The second-order valence-electron chi connectivity index (χ2n) is 8.35. The van der Waals surface area contributed by atoms with Crippen LogP contribution in [0.2, 0.25) is 0 Å². The summed E-state index contributed by atoms with van der Waals surface area (Å²) in [7, 11) is 0. The Bertz CT molecular complexity index is 1390. The van der Waals surface area contributed by atoms with Crippen LogP contribution in [0.3, 0.4) is 0 Å². The van der Waals surface area contributed by atoms with Crippen molar-refractivity contribution in [2.24, 2.45) is 0 Å². The molecule has 5 aromatic rings.